The van der Waals surface area contributed by atoms with Gasteiger partial charge >= 0.3 is 0 Å². The van der Waals surface area contributed by atoms with Gasteiger partial charge in [-0.25, -0.2) is 13.1 Å². The Balaban J connectivity index is 2.82. The van der Waals surface area contributed by atoms with Crippen molar-refractivity contribution in [2.75, 3.05) is 13.7 Å². The van der Waals surface area contributed by atoms with Gasteiger partial charge < -0.3 is 14.9 Å². The molecule has 0 aromatic carbocycles. The van der Waals surface area contributed by atoms with E-state index in [9.17, 15) is 8.42 Å². The summed E-state index contributed by atoms with van der Waals surface area (Å²) < 4.78 is 36.9. The highest BCUT2D eigenvalue weighted by Gasteiger charge is 2.23. The van der Waals surface area contributed by atoms with Crippen LogP contribution in [0.25, 0.3) is 0 Å². The number of halogens is 1. The van der Waals surface area contributed by atoms with E-state index in [2.05, 4.69) is 20.7 Å². The SMILES string of the molecule is COCCC(C)NS(=O)(=O)c1cc(CN)oc1Br. The molecule has 0 fully saturated rings. The highest BCUT2D eigenvalue weighted by atomic mass is 79.9. The van der Waals surface area contributed by atoms with Gasteiger partial charge in [-0.2, -0.15) is 0 Å². The molecule has 18 heavy (non-hydrogen) atoms. The number of rotatable bonds is 7. The average molecular weight is 341 g/mol. The van der Waals surface area contributed by atoms with Crippen molar-refractivity contribution < 1.29 is 17.6 Å². The Morgan fingerprint density at radius 1 is 1.61 bits per heavy atom. The van der Waals surface area contributed by atoms with Crippen LogP contribution in [0.1, 0.15) is 19.1 Å². The lowest BCUT2D eigenvalue weighted by Crippen LogP contribution is -2.33. The first-order valence-electron chi connectivity index (χ1n) is 5.40. The van der Waals surface area contributed by atoms with E-state index >= 15 is 0 Å². The van der Waals surface area contributed by atoms with E-state index in [-0.39, 0.29) is 22.2 Å². The number of ether oxygens (including phenoxy) is 1. The van der Waals surface area contributed by atoms with Crippen LogP contribution in [-0.2, 0) is 21.3 Å². The first-order chi connectivity index (χ1) is 8.40. The van der Waals surface area contributed by atoms with Crippen LogP contribution < -0.4 is 10.5 Å². The Bertz CT molecular complexity index is 486. The second kappa shape index (κ2) is 6.67. The topological polar surface area (TPSA) is 94.6 Å². The van der Waals surface area contributed by atoms with Crippen molar-refractivity contribution in [1.82, 2.24) is 4.72 Å². The molecule has 0 saturated heterocycles. The standard InChI is InChI=1S/C10H17BrN2O4S/c1-7(3-4-16-2)13-18(14,15)9-5-8(6-12)17-10(9)11/h5,7,13H,3-4,6,12H2,1-2H3. The molecule has 1 heterocycles. The maximum absolute atomic E-state index is 12.1. The van der Waals surface area contributed by atoms with Crippen LogP contribution in [0.2, 0.25) is 0 Å². The molecular formula is C10H17BrN2O4S. The summed E-state index contributed by atoms with van der Waals surface area (Å²) in [6, 6.07) is 1.19. The molecule has 1 rings (SSSR count). The fourth-order valence-electron chi connectivity index (χ4n) is 1.36. The summed E-state index contributed by atoms with van der Waals surface area (Å²) in [7, 11) is -2.04. The minimum Gasteiger partial charge on any atom is -0.452 e. The van der Waals surface area contributed by atoms with Gasteiger partial charge in [0.2, 0.25) is 10.0 Å². The highest BCUT2D eigenvalue weighted by molar-refractivity contribution is 9.10. The van der Waals surface area contributed by atoms with Crippen molar-refractivity contribution in [3.05, 3.63) is 16.5 Å². The highest BCUT2D eigenvalue weighted by Crippen LogP contribution is 2.26. The van der Waals surface area contributed by atoms with Crippen molar-refractivity contribution in [3.63, 3.8) is 0 Å². The second-order valence-electron chi connectivity index (χ2n) is 3.86. The van der Waals surface area contributed by atoms with Gasteiger partial charge in [-0.1, -0.05) is 0 Å². The number of nitrogens with one attached hydrogen (secondary N) is 1. The first kappa shape index (κ1) is 15.6. The van der Waals surface area contributed by atoms with Crippen LogP contribution >= 0.6 is 15.9 Å². The lowest BCUT2D eigenvalue weighted by Gasteiger charge is -2.12. The minimum atomic E-state index is -3.61. The summed E-state index contributed by atoms with van der Waals surface area (Å²) in [5.41, 5.74) is 5.40. The predicted molar refractivity (Wildman–Crippen MR) is 70.6 cm³/mol. The van der Waals surface area contributed by atoms with Gasteiger partial charge in [0.1, 0.15) is 10.7 Å². The summed E-state index contributed by atoms with van der Waals surface area (Å²) in [4.78, 5) is 0.0622. The van der Waals surface area contributed by atoms with Crippen LogP contribution in [0.5, 0.6) is 0 Å². The van der Waals surface area contributed by atoms with Crippen LogP contribution in [0.3, 0.4) is 0 Å². The minimum absolute atomic E-state index is 0.0622. The Hall–Kier alpha value is -0.410. The van der Waals surface area contributed by atoms with Gasteiger partial charge in [0.25, 0.3) is 0 Å². The molecule has 104 valence electrons. The van der Waals surface area contributed by atoms with Crippen LogP contribution in [0, 0.1) is 0 Å². The molecule has 1 aromatic heterocycles. The Kier molecular flexibility index (Phi) is 5.80. The molecule has 0 aliphatic rings. The molecule has 0 aliphatic heterocycles. The van der Waals surface area contributed by atoms with E-state index < -0.39 is 10.0 Å². The molecule has 0 spiro atoms. The smallest absolute Gasteiger partial charge is 0.245 e. The zero-order chi connectivity index (χ0) is 13.8. The van der Waals surface area contributed by atoms with Crippen LogP contribution in [0.15, 0.2) is 20.0 Å². The number of methoxy groups -OCH3 is 1. The van der Waals surface area contributed by atoms with Crippen molar-refractivity contribution in [1.29, 1.82) is 0 Å². The molecule has 0 bridgehead atoms. The van der Waals surface area contributed by atoms with Crippen molar-refractivity contribution >= 4 is 26.0 Å². The van der Waals surface area contributed by atoms with E-state index in [1.54, 1.807) is 14.0 Å². The summed E-state index contributed by atoms with van der Waals surface area (Å²) >= 11 is 3.07. The van der Waals surface area contributed by atoms with E-state index in [0.29, 0.717) is 18.8 Å². The number of nitrogens with two attached hydrogens (primary N) is 1. The zero-order valence-electron chi connectivity index (χ0n) is 10.3. The number of hydrogen-bond donors (Lipinski definition) is 2. The van der Waals surface area contributed by atoms with E-state index in [0.717, 1.165) is 0 Å². The lowest BCUT2D eigenvalue weighted by molar-refractivity contribution is 0.188. The third-order valence-electron chi connectivity index (χ3n) is 2.31. The molecule has 0 saturated carbocycles. The number of furan rings is 1. The van der Waals surface area contributed by atoms with Crippen molar-refractivity contribution in [2.24, 2.45) is 5.73 Å². The lowest BCUT2D eigenvalue weighted by atomic mass is 10.3. The van der Waals surface area contributed by atoms with E-state index in [4.69, 9.17) is 14.9 Å². The third-order valence-corrected chi connectivity index (χ3v) is 4.75. The maximum Gasteiger partial charge on any atom is 0.245 e. The summed E-state index contributed by atoms with van der Waals surface area (Å²) in [5, 5.41) is 0. The Labute approximate surface area is 115 Å². The summed E-state index contributed by atoms with van der Waals surface area (Å²) in [6.07, 6.45) is 0.592. The summed E-state index contributed by atoms with van der Waals surface area (Å²) in [6.45, 7) is 2.41. The quantitative estimate of drug-likeness (QED) is 0.777. The van der Waals surface area contributed by atoms with Crippen LogP contribution in [-0.4, -0.2) is 28.2 Å². The third kappa shape index (κ3) is 4.06. The van der Waals surface area contributed by atoms with Gasteiger partial charge in [0.15, 0.2) is 4.67 Å². The molecule has 1 atom stereocenters. The van der Waals surface area contributed by atoms with Gasteiger partial charge in [-0.15, -0.1) is 0 Å². The Morgan fingerprint density at radius 2 is 2.28 bits per heavy atom. The zero-order valence-corrected chi connectivity index (χ0v) is 12.7. The van der Waals surface area contributed by atoms with Gasteiger partial charge in [0.05, 0.1) is 6.54 Å². The normalized spacial score (nSPS) is 13.8. The predicted octanol–water partition coefficient (Wildman–Crippen LogP) is 1.20. The van der Waals surface area contributed by atoms with Crippen molar-refractivity contribution in [2.45, 2.75) is 30.8 Å². The largest absolute Gasteiger partial charge is 0.452 e. The van der Waals surface area contributed by atoms with Gasteiger partial charge in [-0.3, -0.25) is 0 Å². The fraction of sp³-hybridized carbons (Fsp3) is 0.600. The number of sulfonamides is 1. The van der Waals surface area contributed by atoms with Crippen molar-refractivity contribution in [3.8, 4) is 0 Å². The van der Waals surface area contributed by atoms with E-state index in [1.807, 2.05) is 0 Å². The first-order valence-corrected chi connectivity index (χ1v) is 7.68. The maximum atomic E-state index is 12.1. The molecule has 8 heteroatoms. The molecule has 0 radical (unpaired) electrons. The van der Waals surface area contributed by atoms with Gasteiger partial charge in [-0.05, 0) is 29.3 Å². The Morgan fingerprint density at radius 3 is 2.78 bits per heavy atom. The average Bonchev–Trinajstić information content (AvgIpc) is 2.68. The van der Waals surface area contributed by atoms with Crippen LogP contribution in [0.4, 0.5) is 0 Å². The molecule has 1 aromatic rings. The molecule has 0 amide bonds. The summed E-state index contributed by atoms with van der Waals surface area (Å²) in [5.74, 6) is 0.409. The van der Waals surface area contributed by atoms with E-state index in [1.165, 1.54) is 6.07 Å². The fourth-order valence-corrected chi connectivity index (χ4v) is 3.64. The number of hydrogen-bond acceptors (Lipinski definition) is 5. The molecular weight excluding hydrogens is 324 g/mol. The molecule has 0 aliphatic carbocycles. The molecule has 3 N–H and O–H groups in total. The van der Waals surface area contributed by atoms with Gasteiger partial charge in [0, 0.05) is 25.8 Å². The molecule has 1 unspecified atom stereocenters. The second-order valence-corrected chi connectivity index (χ2v) is 6.26. The monoisotopic (exact) mass is 340 g/mol. The molecule has 6 nitrogen and oxygen atoms in total.